The van der Waals surface area contributed by atoms with Crippen molar-refractivity contribution >= 4 is 5.78 Å². The molecule has 0 aromatic heterocycles. The Bertz CT molecular complexity index is 70.6. The number of hydrogen-bond acceptors (Lipinski definition) is 1. The molecule has 1 fully saturated rings. The fourth-order valence-electron chi connectivity index (χ4n) is 0.946. The average Bonchev–Trinajstić information content (AvgIpc) is 1.69. The Hall–Kier alpha value is -0.370. The first-order chi connectivity index (χ1) is 3.39. The highest BCUT2D eigenvalue weighted by molar-refractivity contribution is 5.78. The number of rotatable bonds is 0. The minimum absolute atomic E-state index is 0. The normalized spacial score (nSPS) is 19.8. The van der Waals surface area contributed by atoms with Gasteiger partial charge in [0.2, 0.25) is 0 Å². The lowest BCUT2D eigenvalue weighted by Crippen LogP contribution is -2.02. The molecule has 0 aromatic rings. The van der Waals surface area contributed by atoms with Crippen LogP contribution in [0.3, 0.4) is 0 Å². The third kappa shape index (κ3) is 2.07. The molecular weight excluding hydrogens is 104 g/mol. The van der Waals surface area contributed by atoms with E-state index in [9.17, 15) is 4.79 Å². The lowest BCUT2D eigenvalue weighted by Gasteiger charge is -2.05. The van der Waals surface area contributed by atoms with Crippen LogP contribution >= 0.6 is 0 Å². The molecule has 0 atom stereocenters. The Kier molecular flexibility index (Phi) is 3.44. The van der Waals surface area contributed by atoms with Gasteiger partial charge in [0.1, 0.15) is 5.78 Å². The topological polar surface area (TPSA) is 48.6 Å². The first kappa shape index (κ1) is 7.63. The van der Waals surface area contributed by atoms with Crippen LogP contribution in [0.15, 0.2) is 0 Å². The standard InChI is InChI=1S/C6H10O.H2O/c7-6-4-2-1-3-5-6;/h1-5H2;1H2. The summed E-state index contributed by atoms with van der Waals surface area (Å²) in [4.78, 5) is 10.5. The van der Waals surface area contributed by atoms with Crippen LogP contribution in [0.1, 0.15) is 32.1 Å². The lowest BCUT2D eigenvalue weighted by molar-refractivity contribution is -0.120. The summed E-state index contributed by atoms with van der Waals surface area (Å²) < 4.78 is 0. The van der Waals surface area contributed by atoms with E-state index in [1.165, 1.54) is 6.42 Å². The minimum atomic E-state index is 0. The monoisotopic (exact) mass is 116 g/mol. The number of carbonyl (C=O) groups is 1. The van der Waals surface area contributed by atoms with Crippen LogP contribution in [0.25, 0.3) is 0 Å². The van der Waals surface area contributed by atoms with Gasteiger partial charge in [-0.3, -0.25) is 4.79 Å². The highest BCUT2D eigenvalue weighted by Crippen LogP contribution is 2.12. The highest BCUT2D eigenvalue weighted by atomic mass is 16.1. The van der Waals surface area contributed by atoms with E-state index in [4.69, 9.17) is 0 Å². The Morgan fingerprint density at radius 2 is 1.50 bits per heavy atom. The predicted molar refractivity (Wildman–Crippen MR) is 31.7 cm³/mol. The molecule has 48 valence electrons. The molecule has 0 bridgehead atoms. The van der Waals surface area contributed by atoms with Gasteiger partial charge >= 0.3 is 0 Å². The van der Waals surface area contributed by atoms with Crippen LogP contribution in [-0.4, -0.2) is 11.3 Å². The maximum absolute atomic E-state index is 10.5. The fourth-order valence-corrected chi connectivity index (χ4v) is 0.946. The molecule has 1 saturated carbocycles. The summed E-state index contributed by atoms with van der Waals surface area (Å²) >= 11 is 0. The van der Waals surface area contributed by atoms with E-state index in [-0.39, 0.29) is 5.48 Å². The zero-order valence-electron chi connectivity index (χ0n) is 4.94. The van der Waals surface area contributed by atoms with Crippen molar-refractivity contribution in [2.75, 3.05) is 0 Å². The molecule has 1 aliphatic rings. The van der Waals surface area contributed by atoms with Crippen LogP contribution < -0.4 is 0 Å². The lowest BCUT2D eigenvalue weighted by atomic mass is 10.00. The van der Waals surface area contributed by atoms with Gasteiger partial charge in [-0.15, -0.1) is 0 Å². The molecule has 0 amide bonds. The van der Waals surface area contributed by atoms with E-state index in [1.54, 1.807) is 0 Å². The van der Waals surface area contributed by atoms with Gasteiger partial charge < -0.3 is 5.48 Å². The zero-order chi connectivity index (χ0) is 5.11. The molecule has 0 spiro atoms. The van der Waals surface area contributed by atoms with E-state index in [1.807, 2.05) is 0 Å². The summed E-state index contributed by atoms with van der Waals surface area (Å²) in [5.74, 6) is 0.464. The molecule has 0 unspecified atom stereocenters. The third-order valence-electron chi connectivity index (χ3n) is 1.41. The first-order valence-electron chi connectivity index (χ1n) is 2.91. The van der Waals surface area contributed by atoms with Crippen molar-refractivity contribution in [3.05, 3.63) is 0 Å². The number of hydrogen-bond donors (Lipinski definition) is 0. The Balaban J connectivity index is 0.000000490. The number of Topliss-reactive ketones (excluding diaryl/α,β-unsaturated/α-hetero) is 1. The van der Waals surface area contributed by atoms with Crippen molar-refractivity contribution in [2.24, 2.45) is 0 Å². The fraction of sp³-hybridized carbons (Fsp3) is 0.833. The average molecular weight is 116 g/mol. The SMILES string of the molecule is O.O=C1CCCCC1. The van der Waals surface area contributed by atoms with Crippen molar-refractivity contribution in [3.63, 3.8) is 0 Å². The van der Waals surface area contributed by atoms with Crippen molar-refractivity contribution < 1.29 is 10.3 Å². The number of carbonyl (C=O) groups excluding carboxylic acids is 1. The summed E-state index contributed by atoms with van der Waals surface area (Å²) in [6, 6.07) is 0. The summed E-state index contributed by atoms with van der Waals surface area (Å²) in [6.07, 6.45) is 5.24. The second-order valence-electron chi connectivity index (χ2n) is 2.10. The molecule has 2 nitrogen and oxygen atoms in total. The van der Waals surface area contributed by atoms with Crippen molar-refractivity contribution in [3.8, 4) is 0 Å². The van der Waals surface area contributed by atoms with Gasteiger partial charge in [0.25, 0.3) is 0 Å². The molecule has 2 N–H and O–H groups in total. The zero-order valence-corrected chi connectivity index (χ0v) is 4.94. The molecule has 0 saturated heterocycles. The summed E-state index contributed by atoms with van der Waals surface area (Å²) in [5.41, 5.74) is 0. The van der Waals surface area contributed by atoms with E-state index in [0.29, 0.717) is 5.78 Å². The molecule has 0 heterocycles. The van der Waals surface area contributed by atoms with E-state index in [2.05, 4.69) is 0 Å². The highest BCUT2D eigenvalue weighted by Gasteiger charge is 2.05. The van der Waals surface area contributed by atoms with Crippen molar-refractivity contribution in [1.82, 2.24) is 0 Å². The Labute approximate surface area is 49.2 Å². The maximum atomic E-state index is 10.5. The van der Waals surface area contributed by atoms with E-state index < -0.39 is 0 Å². The van der Waals surface area contributed by atoms with Crippen molar-refractivity contribution in [1.29, 1.82) is 0 Å². The van der Waals surface area contributed by atoms with E-state index in [0.717, 1.165) is 25.7 Å². The van der Waals surface area contributed by atoms with Crippen LogP contribution in [0.5, 0.6) is 0 Å². The minimum Gasteiger partial charge on any atom is -0.412 e. The predicted octanol–water partition coefficient (Wildman–Crippen LogP) is 0.695. The maximum Gasteiger partial charge on any atom is 0.132 e. The van der Waals surface area contributed by atoms with Gasteiger partial charge in [0, 0.05) is 12.8 Å². The molecule has 1 rings (SSSR count). The molecule has 2 heteroatoms. The second-order valence-corrected chi connectivity index (χ2v) is 2.10. The van der Waals surface area contributed by atoms with Gasteiger partial charge in [0.05, 0.1) is 0 Å². The first-order valence-corrected chi connectivity index (χ1v) is 2.91. The molecule has 8 heavy (non-hydrogen) atoms. The Morgan fingerprint density at radius 1 is 1.00 bits per heavy atom. The molecule has 0 aromatic carbocycles. The van der Waals surface area contributed by atoms with Crippen LogP contribution in [0.2, 0.25) is 0 Å². The van der Waals surface area contributed by atoms with Gasteiger partial charge in [-0.05, 0) is 12.8 Å². The van der Waals surface area contributed by atoms with Gasteiger partial charge in [-0.1, -0.05) is 6.42 Å². The van der Waals surface area contributed by atoms with Crippen molar-refractivity contribution in [2.45, 2.75) is 32.1 Å². The summed E-state index contributed by atoms with van der Waals surface area (Å²) in [5, 5.41) is 0. The summed E-state index contributed by atoms with van der Waals surface area (Å²) in [7, 11) is 0. The smallest absolute Gasteiger partial charge is 0.132 e. The molecule has 0 aliphatic heterocycles. The second kappa shape index (κ2) is 3.61. The van der Waals surface area contributed by atoms with Crippen LogP contribution in [0.4, 0.5) is 0 Å². The van der Waals surface area contributed by atoms with Crippen LogP contribution in [0, 0.1) is 0 Å². The molecular formula is C6H12O2. The van der Waals surface area contributed by atoms with Gasteiger partial charge in [-0.2, -0.15) is 0 Å². The largest absolute Gasteiger partial charge is 0.412 e. The van der Waals surface area contributed by atoms with Gasteiger partial charge in [-0.25, -0.2) is 0 Å². The van der Waals surface area contributed by atoms with Crippen LogP contribution in [-0.2, 0) is 4.79 Å². The van der Waals surface area contributed by atoms with Gasteiger partial charge in [0.15, 0.2) is 0 Å². The summed E-state index contributed by atoms with van der Waals surface area (Å²) in [6.45, 7) is 0. The number of ketones is 1. The molecule has 0 radical (unpaired) electrons. The third-order valence-corrected chi connectivity index (χ3v) is 1.41. The Morgan fingerprint density at radius 3 is 1.75 bits per heavy atom. The quantitative estimate of drug-likeness (QED) is 0.459. The van der Waals surface area contributed by atoms with E-state index >= 15 is 0 Å². The molecule has 1 aliphatic carbocycles.